The van der Waals surface area contributed by atoms with Crippen LogP contribution in [-0.2, 0) is 0 Å². The lowest BCUT2D eigenvalue weighted by Gasteiger charge is -2.15. The number of rotatable bonds is 8. The quantitative estimate of drug-likeness (QED) is 0.376. The molecule has 0 heterocycles. The molecule has 0 saturated heterocycles. The van der Waals surface area contributed by atoms with Crippen molar-refractivity contribution in [2.24, 2.45) is 10.9 Å². The van der Waals surface area contributed by atoms with Crippen LogP contribution in [0.1, 0.15) is 26.7 Å². The molecule has 1 fully saturated rings. The summed E-state index contributed by atoms with van der Waals surface area (Å²) in [7, 11) is 1.66. The van der Waals surface area contributed by atoms with Crippen molar-refractivity contribution in [1.29, 1.82) is 0 Å². The average molecular weight is 433 g/mol. The van der Waals surface area contributed by atoms with E-state index in [0.717, 1.165) is 36.5 Å². The third-order valence-electron chi connectivity index (χ3n) is 3.50. The Morgan fingerprint density at radius 1 is 1.22 bits per heavy atom. The topological polar surface area (TPSA) is 54.9 Å². The Hall–Kier alpha value is -1.18. The first kappa shape index (κ1) is 19.9. The zero-order valence-corrected chi connectivity index (χ0v) is 16.5. The molecular formula is C17H28IN3O2. The number of aliphatic imine (C=N–C) groups is 1. The van der Waals surface area contributed by atoms with Crippen LogP contribution in [0, 0.1) is 5.92 Å². The number of ether oxygens (including phenoxy) is 2. The Bertz CT molecular complexity index is 475. The largest absolute Gasteiger partial charge is 0.497 e. The first-order valence-corrected chi connectivity index (χ1v) is 8.04. The SMILES string of the molecule is CCNC(=NCC(C)Oc1ccc(OC)cc1)NCC1CC1.I. The molecule has 23 heavy (non-hydrogen) atoms. The van der Waals surface area contributed by atoms with Crippen molar-refractivity contribution in [2.45, 2.75) is 32.8 Å². The van der Waals surface area contributed by atoms with Crippen molar-refractivity contribution in [2.75, 3.05) is 26.7 Å². The molecule has 2 rings (SSSR count). The van der Waals surface area contributed by atoms with Crippen molar-refractivity contribution in [3.63, 3.8) is 0 Å². The summed E-state index contributed by atoms with van der Waals surface area (Å²) in [5.74, 6) is 3.37. The highest BCUT2D eigenvalue weighted by Crippen LogP contribution is 2.27. The monoisotopic (exact) mass is 433 g/mol. The Kier molecular flexibility index (Phi) is 9.13. The summed E-state index contributed by atoms with van der Waals surface area (Å²) in [6.45, 7) is 6.60. The fourth-order valence-electron chi connectivity index (χ4n) is 2.05. The second kappa shape index (κ2) is 10.6. The molecule has 2 N–H and O–H groups in total. The highest BCUT2D eigenvalue weighted by molar-refractivity contribution is 14.0. The second-order valence-corrected chi connectivity index (χ2v) is 5.65. The number of hydrogen-bond acceptors (Lipinski definition) is 3. The smallest absolute Gasteiger partial charge is 0.191 e. The lowest BCUT2D eigenvalue weighted by atomic mass is 10.3. The molecule has 0 aliphatic heterocycles. The Morgan fingerprint density at radius 3 is 2.43 bits per heavy atom. The van der Waals surface area contributed by atoms with E-state index in [9.17, 15) is 0 Å². The Balaban J connectivity index is 0.00000264. The number of nitrogens with one attached hydrogen (secondary N) is 2. The summed E-state index contributed by atoms with van der Waals surface area (Å²) in [5, 5.41) is 6.65. The van der Waals surface area contributed by atoms with Gasteiger partial charge in [0.2, 0.25) is 0 Å². The molecular weight excluding hydrogens is 405 g/mol. The zero-order valence-electron chi connectivity index (χ0n) is 14.2. The molecule has 0 spiro atoms. The normalized spacial score (nSPS) is 15.3. The molecule has 1 aromatic rings. The minimum Gasteiger partial charge on any atom is -0.497 e. The first-order chi connectivity index (χ1) is 10.7. The van der Waals surface area contributed by atoms with Crippen LogP contribution in [0.25, 0.3) is 0 Å². The van der Waals surface area contributed by atoms with Gasteiger partial charge in [-0.05, 0) is 56.9 Å². The van der Waals surface area contributed by atoms with E-state index in [0.29, 0.717) is 6.54 Å². The molecule has 0 amide bonds. The van der Waals surface area contributed by atoms with E-state index < -0.39 is 0 Å². The number of hydrogen-bond donors (Lipinski definition) is 2. The van der Waals surface area contributed by atoms with E-state index >= 15 is 0 Å². The van der Waals surface area contributed by atoms with E-state index in [-0.39, 0.29) is 30.1 Å². The number of guanidine groups is 1. The van der Waals surface area contributed by atoms with E-state index in [1.54, 1.807) is 7.11 Å². The van der Waals surface area contributed by atoms with Crippen LogP contribution in [0.15, 0.2) is 29.3 Å². The highest BCUT2D eigenvalue weighted by Gasteiger charge is 2.21. The molecule has 0 aromatic heterocycles. The van der Waals surface area contributed by atoms with Crippen molar-refractivity contribution in [3.8, 4) is 11.5 Å². The van der Waals surface area contributed by atoms with Gasteiger partial charge in [-0.15, -0.1) is 24.0 Å². The predicted octanol–water partition coefficient (Wildman–Crippen LogP) is 3.05. The summed E-state index contributed by atoms with van der Waals surface area (Å²) in [5.41, 5.74) is 0. The molecule has 1 aliphatic rings. The van der Waals surface area contributed by atoms with Gasteiger partial charge in [0.25, 0.3) is 0 Å². The van der Waals surface area contributed by atoms with Gasteiger partial charge in [-0.1, -0.05) is 0 Å². The molecule has 1 saturated carbocycles. The van der Waals surface area contributed by atoms with Gasteiger partial charge in [0.05, 0.1) is 13.7 Å². The van der Waals surface area contributed by atoms with Crippen molar-refractivity contribution in [1.82, 2.24) is 10.6 Å². The van der Waals surface area contributed by atoms with Gasteiger partial charge in [-0.2, -0.15) is 0 Å². The molecule has 5 nitrogen and oxygen atoms in total. The molecule has 0 radical (unpaired) electrons. The molecule has 0 bridgehead atoms. The summed E-state index contributed by atoms with van der Waals surface area (Å²) in [6, 6.07) is 7.62. The van der Waals surface area contributed by atoms with Crippen molar-refractivity contribution >= 4 is 29.9 Å². The van der Waals surface area contributed by atoms with Gasteiger partial charge < -0.3 is 20.1 Å². The third-order valence-corrected chi connectivity index (χ3v) is 3.50. The maximum absolute atomic E-state index is 5.86. The zero-order chi connectivity index (χ0) is 15.8. The fraction of sp³-hybridized carbons (Fsp3) is 0.588. The van der Waals surface area contributed by atoms with Gasteiger partial charge >= 0.3 is 0 Å². The third kappa shape index (κ3) is 7.76. The maximum Gasteiger partial charge on any atom is 0.191 e. The second-order valence-electron chi connectivity index (χ2n) is 5.65. The lowest BCUT2D eigenvalue weighted by molar-refractivity contribution is 0.230. The number of nitrogens with zero attached hydrogens (tertiary/aromatic N) is 1. The molecule has 6 heteroatoms. The number of benzene rings is 1. The average Bonchev–Trinajstić information content (AvgIpc) is 3.35. The van der Waals surface area contributed by atoms with E-state index in [1.165, 1.54) is 12.8 Å². The molecule has 1 unspecified atom stereocenters. The van der Waals surface area contributed by atoms with Crippen LogP contribution >= 0.6 is 24.0 Å². The van der Waals surface area contributed by atoms with Crippen LogP contribution in [0.5, 0.6) is 11.5 Å². The Labute approximate surface area is 156 Å². The molecule has 1 aromatic carbocycles. The van der Waals surface area contributed by atoms with Crippen molar-refractivity contribution in [3.05, 3.63) is 24.3 Å². The molecule has 1 aliphatic carbocycles. The van der Waals surface area contributed by atoms with Gasteiger partial charge in [0.1, 0.15) is 17.6 Å². The highest BCUT2D eigenvalue weighted by atomic mass is 127. The van der Waals surface area contributed by atoms with Gasteiger partial charge in [0, 0.05) is 13.1 Å². The van der Waals surface area contributed by atoms with E-state index in [2.05, 4.69) is 22.5 Å². The predicted molar refractivity (Wildman–Crippen MR) is 105 cm³/mol. The van der Waals surface area contributed by atoms with Crippen LogP contribution in [0.3, 0.4) is 0 Å². The summed E-state index contributed by atoms with van der Waals surface area (Å²) in [4.78, 5) is 4.59. The molecule has 130 valence electrons. The van der Waals surface area contributed by atoms with E-state index in [4.69, 9.17) is 9.47 Å². The van der Waals surface area contributed by atoms with Gasteiger partial charge in [-0.25, -0.2) is 4.99 Å². The summed E-state index contributed by atoms with van der Waals surface area (Å²) >= 11 is 0. The standard InChI is InChI=1S/C17H27N3O2.HI/c1-4-18-17(20-12-14-5-6-14)19-11-13(2)22-16-9-7-15(21-3)8-10-16;/h7-10,13-14H,4-6,11-12H2,1-3H3,(H2,18,19,20);1H. The van der Waals surface area contributed by atoms with Crippen LogP contribution < -0.4 is 20.1 Å². The van der Waals surface area contributed by atoms with E-state index in [1.807, 2.05) is 31.2 Å². The fourth-order valence-corrected chi connectivity index (χ4v) is 2.05. The summed E-state index contributed by atoms with van der Waals surface area (Å²) < 4.78 is 11.0. The number of halogens is 1. The van der Waals surface area contributed by atoms with Crippen LogP contribution in [0.4, 0.5) is 0 Å². The lowest BCUT2D eigenvalue weighted by Crippen LogP contribution is -2.39. The first-order valence-electron chi connectivity index (χ1n) is 8.04. The van der Waals surface area contributed by atoms with Crippen molar-refractivity contribution < 1.29 is 9.47 Å². The Morgan fingerprint density at radius 2 is 1.87 bits per heavy atom. The number of methoxy groups -OCH3 is 1. The van der Waals surface area contributed by atoms with Gasteiger partial charge in [0.15, 0.2) is 5.96 Å². The van der Waals surface area contributed by atoms with Crippen LogP contribution in [0.2, 0.25) is 0 Å². The minimum atomic E-state index is 0. The van der Waals surface area contributed by atoms with Crippen LogP contribution in [-0.4, -0.2) is 38.8 Å². The van der Waals surface area contributed by atoms with Gasteiger partial charge in [-0.3, -0.25) is 0 Å². The maximum atomic E-state index is 5.86. The minimum absolute atomic E-state index is 0. The summed E-state index contributed by atoms with van der Waals surface area (Å²) in [6.07, 6.45) is 2.69. The molecule has 1 atom stereocenters.